The number of carbonyl (C=O) groups is 1. The van der Waals surface area contributed by atoms with Crippen LogP contribution in [0, 0.1) is 0 Å². The third-order valence-electron chi connectivity index (χ3n) is 6.52. The first-order valence-electron chi connectivity index (χ1n) is 12.6. The fraction of sp³-hybridized carbons (Fsp3) is 0.345. The lowest BCUT2D eigenvalue weighted by atomic mass is 9.87. The number of benzene rings is 3. The summed E-state index contributed by atoms with van der Waals surface area (Å²) in [5, 5.41) is 9.59. The molecule has 1 unspecified atom stereocenters. The van der Waals surface area contributed by atoms with Gasteiger partial charge in [-0.15, -0.1) is 0 Å². The summed E-state index contributed by atoms with van der Waals surface area (Å²) in [6.07, 6.45) is 3.77. The molecule has 0 aromatic heterocycles. The van der Waals surface area contributed by atoms with E-state index in [0.717, 1.165) is 47.9 Å². The number of ether oxygens (including phenoxy) is 2. The van der Waals surface area contributed by atoms with Gasteiger partial charge in [0.25, 0.3) is 10.0 Å². The van der Waals surface area contributed by atoms with Gasteiger partial charge < -0.3 is 14.6 Å². The van der Waals surface area contributed by atoms with Crippen molar-refractivity contribution >= 4 is 15.9 Å². The highest BCUT2D eigenvalue weighted by Crippen LogP contribution is 2.36. The quantitative estimate of drug-likeness (QED) is 0.380. The van der Waals surface area contributed by atoms with Gasteiger partial charge >= 0.3 is 0 Å². The fourth-order valence-corrected chi connectivity index (χ4v) is 5.60. The van der Waals surface area contributed by atoms with Crippen LogP contribution in [0.25, 0.3) is 0 Å². The highest BCUT2D eigenvalue weighted by Gasteiger charge is 2.29. The Hall–Kier alpha value is -3.36. The molecule has 7 nitrogen and oxygen atoms in total. The summed E-state index contributed by atoms with van der Waals surface area (Å²) in [6, 6.07) is 17.5. The van der Waals surface area contributed by atoms with Crippen LogP contribution in [0.4, 0.5) is 0 Å². The zero-order valence-electron chi connectivity index (χ0n) is 21.2. The minimum absolute atomic E-state index is 0.0455. The number of sulfonamides is 1. The molecule has 2 N–H and O–H groups in total. The Morgan fingerprint density at radius 3 is 2.30 bits per heavy atom. The summed E-state index contributed by atoms with van der Waals surface area (Å²) in [4.78, 5) is 13.6. The van der Waals surface area contributed by atoms with E-state index in [-0.39, 0.29) is 24.7 Å². The summed E-state index contributed by atoms with van der Waals surface area (Å²) >= 11 is 0. The van der Waals surface area contributed by atoms with Gasteiger partial charge in [-0.3, -0.25) is 4.79 Å². The van der Waals surface area contributed by atoms with Gasteiger partial charge in [-0.1, -0.05) is 63.1 Å². The molecule has 1 amide bonds. The second kappa shape index (κ2) is 11.8. The number of fused-ring (bicyclic) bond motifs is 1. The van der Waals surface area contributed by atoms with Gasteiger partial charge in [-0.2, -0.15) is 0 Å². The van der Waals surface area contributed by atoms with Crippen LogP contribution in [-0.4, -0.2) is 26.2 Å². The summed E-state index contributed by atoms with van der Waals surface area (Å²) in [5.74, 6) is -0.305. The first kappa shape index (κ1) is 26.7. The molecule has 3 aromatic carbocycles. The fourth-order valence-electron chi connectivity index (χ4n) is 4.58. The minimum Gasteiger partial charge on any atom is -0.454 e. The van der Waals surface area contributed by atoms with E-state index in [4.69, 9.17) is 9.47 Å². The lowest BCUT2D eigenvalue weighted by molar-refractivity contribution is -0.120. The maximum Gasteiger partial charge on any atom is 0.264 e. The molecular weight excluding hydrogens is 490 g/mol. The SMILES string of the molecule is CCCc1ccc(S(=O)(=O)NC(=O)C(Cc2ccc(CO)cc2CCC)c2ccc3c(c2)OCO3)cc1. The number of aliphatic hydroxyl groups is 1. The zero-order chi connectivity index (χ0) is 26.4. The first-order valence-corrected chi connectivity index (χ1v) is 14.1. The van der Waals surface area contributed by atoms with Crippen molar-refractivity contribution in [3.05, 3.63) is 88.5 Å². The smallest absolute Gasteiger partial charge is 0.264 e. The molecule has 3 aromatic rings. The van der Waals surface area contributed by atoms with E-state index in [0.29, 0.717) is 17.1 Å². The van der Waals surface area contributed by atoms with E-state index in [1.54, 1.807) is 30.3 Å². The van der Waals surface area contributed by atoms with Gasteiger partial charge in [-0.05, 0) is 71.3 Å². The first-order chi connectivity index (χ1) is 17.8. The number of nitrogens with one attached hydrogen (secondary N) is 1. The number of aliphatic hydroxyl groups excluding tert-OH is 1. The topological polar surface area (TPSA) is 102 Å². The van der Waals surface area contributed by atoms with Crippen LogP contribution < -0.4 is 14.2 Å². The highest BCUT2D eigenvalue weighted by atomic mass is 32.2. The number of rotatable bonds is 11. The van der Waals surface area contributed by atoms with Crippen molar-refractivity contribution < 1.29 is 27.8 Å². The zero-order valence-corrected chi connectivity index (χ0v) is 22.0. The number of hydrogen-bond acceptors (Lipinski definition) is 6. The molecule has 0 saturated carbocycles. The highest BCUT2D eigenvalue weighted by molar-refractivity contribution is 7.90. The van der Waals surface area contributed by atoms with Crippen LogP contribution >= 0.6 is 0 Å². The Labute approximate surface area is 218 Å². The molecule has 1 atom stereocenters. The Balaban J connectivity index is 1.66. The summed E-state index contributed by atoms with van der Waals surface area (Å²) < 4.78 is 39.5. The van der Waals surface area contributed by atoms with E-state index < -0.39 is 21.8 Å². The van der Waals surface area contributed by atoms with Gasteiger partial charge in [0.15, 0.2) is 11.5 Å². The van der Waals surface area contributed by atoms with Crippen molar-refractivity contribution in [2.75, 3.05) is 6.79 Å². The van der Waals surface area contributed by atoms with Crippen LogP contribution in [0.5, 0.6) is 11.5 Å². The molecule has 0 fully saturated rings. The number of hydrogen-bond donors (Lipinski definition) is 2. The number of aryl methyl sites for hydroxylation is 2. The molecule has 37 heavy (non-hydrogen) atoms. The van der Waals surface area contributed by atoms with Gasteiger partial charge in [-0.25, -0.2) is 13.1 Å². The van der Waals surface area contributed by atoms with Gasteiger partial charge in [0.05, 0.1) is 17.4 Å². The average Bonchev–Trinajstić information content (AvgIpc) is 3.36. The van der Waals surface area contributed by atoms with E-state index in [1.807, 2.05) is 18.2 Å². The average molecular weight is 524 g/mol. The van der Waals surface area contributed by atoms with E-state index >= 15 is 0 Å². The van der Waals surface area contributed by atoms with Crippen LogP contribution in [-0.2, 0) is 40.7 Å². The summed E-state index contributed by atoms with van der Waals surface area (Å²) in [6.45, 7) is 4.15. The molecule has 0 spiro atoms. The van der Waals surface area contributed by atoms with Crippen LogP contribution in [0.2, 0.25) is 0 Å². The van der Waals surface area contributed by atoms with Crippen LogP contribution in [0.15, 0.2) is 65.6 Å². The third kappa shape index (κ3) is 6.32. The molecule has 0 bridgehead atoms. The predicted octanol–water partition coefficient (Wildman–Crippen LogP) is 4.64. The van der Waals surface area contributed by atoms with Gasteiger partial charge in [0, 0.05) is 0 Å². The molecule has 8 heteroatoms. The molecule has 4 rings (SSSR count). The lowest BCUT2D eigenvalue weighted by Crippen LogP contribution is -2.35. The molecule has 1 aliphatic heterocycles. The Morgan fingerprint density at radius 1 is 0.892 bits per heavy atom. The molecule has 0 saturated heterocycles. The number of carbonyl (C=O) groups excluding carboxylic acids is 1. The van der Waals surface area contributed by atoms with E-state index in [2.05, 4.69) is 18.6 Å². The Bertz CT molecular complexity index is 1350. The Morgan fingerprint density at radius 2 is 1.59 bits per heavy atom. The molecule has 0 radical (unpaired) electrons. The molecule has 0 aliphatic carbocycles. The predicted molar refractivity (Wildman–Crippen MR) is 141 cm³/mol. The normalized spacial score (nSPS) is 13.4. The second-order valence-electron chi connectivity index (χ2n) is 9.24. The van der Waals surface area contributed by atoms with Crippen molar-refractivity contribution in [1.29, 1.82) is 0 Å². The third-order valence-corrected chi connectivity index (χ3v) is 7.88. The van der Waals surface area contributed by atoms with Crippen molar-refractivity contribution in [3.8, 4) is 11.5 Å². The Kier molecular flexibility index (Phi) is 8.51. The molecular formula is C29H33NO6S. The maximum absolute atomic E-state index is 13.6. The van der Waals surface area contributed by atoms with Gasteiger partial charge in [0.1, 0.15) is 0 Å². The largest absolute Gasteiger partial charge is 0.454 e. The van der Waals surface area contributed by atoms with Crippen LogP contribution in [0.1, 0.15) is 60.4 Å². The second-order valence-corrected chi connectivity index (χ2v) is 10.9. The minimum atomic E-state index is -4.07. The standard InChI is InChI=1S/C29H33NO6S/c1-3-5-20-8-12-25(13-9-20)37(33,34)30-29(32)26(24-11-14-27-28(17-24)36-19-35-27)16-23-10-7-21(18-31)15-22(23)6-4-2/h7-15,17,26,31H,3-6,16,18-19H2,1-2H3,(H,30,32). The van der Waals surface area contributed by atoms with Crippen LogP contribution in [0.3, 0.4) is 0 Å². The van der Waals surface area contributed by atoms with E-state index in [1.165, 1.54) is 12.1 Å². The van der Waals surface area contributed by atoms with Crippen molar-refractivity contribution in [3.63, 3.8) is 0 Å². The van der Waals surface area contributed by atoms with Gasteiger partial charge in [0.2, 0.25) is 12.7 Å². The monoisotopic (exact) mass is 523 g/mol. The summed E-state index contributed by atoms with van der Waals surface area (Å²) in [5.41, 5.74) is 4.43. The van der Waals surface area contributed by atoms with Crippen molar-refractivity contribution in [2.24, 2.45) is 0 Å². The number of amides is 1. The summed E-state index contributed by atoms with van der Waals surface area (Å²) in [7, 11) is -4.07. The maximum atomic E-state index is 13.6. The van der Waals surface area contributed by atoms with E-state index in [9.17, 15) is 18.3 Å². The molecule has 1 aliphatic rings. The lowest BCUT2D eigenvalue weighted by Gasteiger charge is -2.20. The molecule has 196 valence electrons. The van der Waals surface area contributed by atoms with Crippen molar-refractivity contribution in [1.82, 2.24) is 4.72 Å². The van der Waals surface area contributed by atoms with Crippen molar-refractivity contribution in [2.45, 2.75) is 63.4 Å². The molecule has 1 heterocycles.